The quantitative estimate of drug-likeness (QED) is 0.755. The smallest absolute Gasteiger partial charge is 0.366 e. The van der Waals surface area contributed by atoms with Crippen molar-refractivity contribution in [2.45, 2.75) is 50.0 Å². The molecule has 10 heteroatoms. The first-order valence-corrected chi connectivity index (χ1v) is 10.1. The summed E-state index contributed by atoms with van der Waals surface area (Å²) < 4.78 is 39.9. The highest BCUT2D eigenvalue weighted by Crippen LogP contribution is 2.49. The van der Waals surface area contributed by atoms with Gasteiger partial charge in [-0.05, 0) is 55.5 Å². The molecule has 7 nitrogen and oxygen atoms in total. The van der Waals surface area contributed by atoms with Gasteiger partial charge in [0.15, 0.2) is 6.19 Å². The van der Waals surface area contributed by atoms with Crippen LogP contribution in [0.15, 0.2) is 30.5 Å². The second-order valence-electron chi connectivity index (χ2n) is 8.29. The van der Waals surface area contributed by atoms with Crippen LogP contribution in [0.25, 0.3) is 0 Å². The number of aromatic nitrogens is 2. The van der Waals surface area contributed by atoms with E-state index in [2.05, 4.69) is 16.2 Å². The molecule has 5 rings (SSSR count). The second-order valence-corrected chi connectivity index (χ2v) is 8.29. The lowest BCUT2D eigenvalue weighted by molar-refractivity contribution is -0.141. The Morgan fingerprint density at radius 1 is 1.23 bits per heavy atom. The number of hydrogen-bond donors (Lipinski definition) is 1. The number of fused-ring (bicyclic) bond motifs is 3. The molecule has 1 aromatic carbocycles. The maximum absolute atomic E-state index is 13.3. The summed E-state index contributed by atoms with van der Waals surface area (Å²) >= 11 is 0. The number of nitrogens with zero attached hydrogens (tertiary/aromatic N) is 5. The van der Waals surface area contributed by atoms with Crippen LogP contribution in [0.5, 0.6) is 0 Å². The number of nitriles is 1. The molecule has 2 bridgehead atoms. The third-order valence-electron chi connectivity index (χ3n) is 6.73. The van der Waals surface area contributed by atoms with Crippen LogP contribution in [0, 0.1) is 17.4 Å². The lowest BCUT2D eigenvalue weighted by Crippen LogP contribution is -2.41. The van der Waals surface area contributed by atoms with Crippen LogP contribution in [0.2, 0.25) is 0 Å². The molecule has 3 aliphatic heterocycles. The van der Waals surface area contributed by atoms with Crippen molar-refractivity contribution in [3.05, 3.63) is 47.3 Å². The minimum Gasteiger partial charge on any atom is -0.366 e. The van der Waals surface area contributed by atoms with Crippen molar-refractivity contribution in [2.75, 3.05) is 4.90 Å². The van der Waals surface area contributed by atoms with Gasteiger partial charge in [-0.3, -0.25) is 4.79 Å². The maximum Gasteiger partial charge on any atom is 0.433 e. The minimum absolute atomic E-state index is 0.0309. The summed E-state index contributed by atoms with van der Waals surface area (Å²) in [5, 5.41) is 9.55. The number of halogens is 3. The molecule has 2 saturated heterocycles. The van der Waals surface area contributed by atoms with Crippen molar-refractivity contribution in [1.29, 1.82) is 5.26 Å². The van der Waals surface area contributed by atoms with E-state index in [4.69, 9.17) is 5.73 Å². The van der Waals surface area contributed by atoms with E-state index in [1.165, 1.54) is 0 Å². The Labute approximate surface area is 176 Å². The molecule has 0 aliphatic carbocycles. The second kappa shape index (κ2) is 6.83. The van der Waals surface area contributed by atoms with Gasteiger partial charge in [-0.1, -0.05) is 0 Å². The first-order valence-electron chi connectivity index (χ1n) is 10.1. The van der Waals surface area contributed by atoms with E-state index in [0.29, 0.717) is 17.7 Å². The number of primary amides is 1. The van der Waals surface area contributed by atoms with Crippen LogP contribution >= 0.6 is 0 Å². The molecular weight excluding hydrogens is 409 g/mol. The zero-order chi connectivity index (χ0) is 21.9. The number of carbonyl (C=O) groups is 1. The van der Waals surface area contributed by atoms with Crippen molar-refractivity contribution < 1.29 is 18.0 Å². The summed E-state index contributed by atoms with van der Waals surface area (Å²) in [6, 6.07) is 5.77. The molecule has 1 amide bonds. The highest BCUT2D eigenvalue weighted by atomic mass is 19.4. The summed E-state index contributed by atoms with van der Waals surface area (Å²) in [6.07, 6.45) is 1.93. The monoisotopic (exact) mass is 428 g/mol. The standard InChI is InChI=1S/C21H19F3N6O/c22-21(23,24)18-5-6-27-20(28-18)30-15-3-1-11(19(26)31)7-12(15)8-17(30)14-9-13-2-4-16(14)29(13)10-25/h1,3,5-7,13-14,16-17H,2,4,8-9H2,(H2,26,31). The van der Waals surface area contributed by atoms with Gasteiger partial charge in [0.1, 0.15) is 5.69 Å². The number of alkyl halides is 3. The Hall–Kier alpha value is -3.35. The van der Waals surface area contributed by atoms with E-state index in [9.17, 15) is 23.2 Å². The van der Waals surface area contributed by atoms with Crippen molar-refractivity contribution in [3.63, 3.8) is 0 Å². The van der Waals surface area contributed by atoms with Gasteiger partial charge in [0, 0.05) is 41.5 Å². The average Bonchev–Trinajstić information content (AvgIpc) is 3.42. The molecule has 2 N–H and O–H groups in total. The van der Waals surface area contributed by atoms with Gasteiger partial charge in [0.05, 0.1) is 0 Å². The van der Waals surface area contributed by atoms with E-state index in [-0.39, 0.29) is 30.0 Å². The third kappa shape index (κ3) is 3.07. The van der Waals surface area contributed by atoms with Crippen molar-refractivity contribution in [3.8, 4) is 6.19 Å². The average molecular weight is 428 g/mol. The van der Waals surface area contributed by atoms with Gasteiger partial charge in [-0.15, -0.1) is 0 Å². The van der Waals surface area contributed by atoms with Gasteiger partial charge in [0.2, 0.25) is 11.9 Å². The van der Waals surface area contributed by atoms with Crippen molar-refractivity contribution in [2.24, 2.45) is 11.7 Å². The Balaban J connectivity index is 1.59. The van der Waals surface area contributed by atoms with Crippen LogP contribution in [-0.4, -0.2) is 38.9 Å². The van der Waals surface area contributed by atoms with Crippen LogP contribution < -0.4 is 10.6 Å². The summed E-state index contributed by atoms with van der Waals surface area (Å²) in [5.74, 6) is -0.527. The molecule has 2 aromatic rings. The predicted octanol–water partition coefficient (Wildman–Crippen LogP) is 2.99. The van der Waals surface area contributed by atoms with Gasteiger partial charge in [-0.2, -0.15) is 18.4 Å². The van der Waals surface area contributed by atoms with Crippen LogP contribution in [0.3, 0.4) is 0 Å². The molecule has 31 heavy (non-hydrogen) atoms. The Morgan fingerprint density at radius 3 is 2.71 bits per heavy atom. The molecule has 4 heterocycles. The van der Waals surface area contributed by atoms with Crippen LogP contribution in [0.4, 0.5) is 24.8 Å². The number of benzene rings is 1. The lowest BCUT2D eigenvalue weighted by Gasteiger charge is -2.34. The molecule has 3 aliphatic rings. The molecule has 160 valence electrons. The summed E-state index contributed by atoms with van der Waals surface area (Å²) in [6.45, 7) is 0. The summed E-state index contributed by atoms with van der Waals surface area (Å²) in [5.41, 5.74) is 6.23. The number of anilines is 2. The normalized spacial score (nSPS) is 26.8. The topological polar surface area (TPSA) is 99.1 Å². The zero-order valence-corrected chi connectivity index (χ0v) is 16.4. The Morgan fingerprint density at radius 2 is 2.03 bits per heavy atom. The van der Waals surface area contributed by atoms with Crippen LogP contribution in [0.1, 0.15) is 40.9 Å². The number of hydrogen-bond acceptors (Lipinski definition) is 6. The van der Waals surface area contributed by atoms with E-state index in [1.807, 2.05) is 4.90 Å². The summed E-state index contributed by atoms with van der Waals surface area (Å²) in [4.78, 5) is 23.2. The number of amides is 1. The maximum atomic E-state index is 13.3. The summed E-state index contributed by atoms with van der Waals surface area (Å²) in [7, 11) is 0. The molecular formula is C21H19F3N6O. The highest BCUT2D eigenvalue weighted by molar-refractivity contribution is 5.94. The lowest BCUT2D eigenvalue weighted by atomic mass is 9.82. The van der Waals surface area contributed by atoms with Gasteiger partial charge in [0.25, 0.3) is 0 Å². The molecule has 0 radical (unpaired) electrons. The molecule has 0 spiro atoms. The van der Waals surface area contributed by atoms with Gasteiger partial charge >= 0.3 is 6.18 Å². The third-order valence-corrected chi connectivity index (χ3v) is 6.73. The molecule has 2 fully saturated rings. The van der Waals surface area contributed by atoms with Crippen molar-refractivity contribution in [1.82, 2.24) is 14.9 Å². The molecule has 0 saturated carbocycles. The fourth-order valence-electron chi connectivity index (χ4n) is 5.46. The van der Waals surface area contributed by atoms with Crippen LogP contribution in [-0.2, 0) is 12.6 Å². The van der Waals surface area contributed by atoms with Gasteiger partial charge < -0.3 is 15.5 Å². The fraction of sp³-hybridized carbons (Fsp3) is 0.429. The zero-order valence-electron chi connectivity index (χ0n) is 16.4. The molecule has 4 atom stereocenters. The number of rotatable bonds is 3. The Kier molecular flexibility index (Phi) is 4.32. The largest absolute Gasteiger partial charge is 0.433 e. The predicted molar refractivity (Wildman–Crippen MR) is 104 cm³/mol. The molecule has 4 unspecified atom stereocenters. The Bertz CT molecular complexity index is 1100. The number of nitrogens with two attached hydrogens (primary N) is 1. The van der Waals surface area contributed by atoms with E-state index >= 15 is 0 Å². The highest BCUT2D eigenvalue weighted by Gasteiger charge is 2.52. The van der Waals surface area contributed by atoms with E-state index < -0.39 is 17.8 Å². The van der Waals surface area contributed by atoms with E-state index in [1.54, 1.807) is 23.1 Å². The molecule has 1 aromatic heterocycles. The fourth-order valence-corrected chi connectivity index (χ4v) is 5.46. The minimum atomic E-state index is -4.59. The van der Waals surface area contributed by atoms with E-state index in [0.717, 1.165) is 37.1 Å². The first kappa shape index (κ1) is 19.6. The van der Waals surface area contributed by atoms with Gasteiger partial charge in [-0.25, -0.2) is 9.97 Å². The SMILES string of the molecule is N#CN1C2CCC1C(C1Cc3cc(C(N)=O)ccc3N1c1nccc(C(F)(F)F)n1)C2. The first-order chi connectivity index (χ1) is 14.8. The number of carbonyl (C=O) groups excluding carboxylic acids is 1. The van der Waals surface area contributed by atoms with Crippen molar-refractivity contribution >= 4 is 17.5 Å².